The second-order valence-electron chi connectivity index (χ2n) is 6.40. The fourth-order valence-electron chi connectivity index (χ4n) is 3.66. The Kier molecular flexibility index (Phi) is 3.58. The molecule has 0 saturated carbocycles. The minimum absolute atomic E-state index is 0.0384. The molecule has 3 atom stereocenters. The van der Waals surface area contributed by atoms with Crippen molar-refractivity contribution in [2.24, 2.45) is 5.92 Å². The lowest BCUT2D eigenvalue weighted by Gasteiger charge is -2.23. The molecular weight excluding hydrogens is 290 g/mol. The Bertz CT molecular complexity index is 707. The van der Waals surface area contributed by atoms with E-state index in [0.29, 0.717) is 12.0 Å². The highest BCUT2D eigenvalue weighted by Gasteiger charge is 2.38. The van der Waals surface area contributed by atoms with Gasteiger partial charge in [0.25, 0.3) is 0 Å². The van der Waals surface area contributed by atoms with Gasteiger partial charge < -0.3 is 15.0 Å². The number of amides is 1. The second-order valence-corrected chi connectivity index (χ2v) is 6.40. The van der Waals surface area contributed by atoms with Crippen molar-refractivity contribution in [2.75, 3.05) is 26.7 Å². The predicted molar refractivity (Wildman–Crippen MR) is 88.7 cm³/mol. The van der Waals surface area contributed by atoms with Gasteiger partial charge in [0.1, 0.15) is 5.75 Å². The molecule has 2 unspecified atom stereocenters. The van der Waals surface area contributed by atoms with Gasteiger partial charge in [-0.05, 0) is 48.2 Å². The fourth-order valence-corrected chi connectivity index (χ4v) is 3.66. The van der Waals surface area contributed by atoms with Crippen LogP contribution in [0, 0.1) is 5.92 Å². The molecule has 1 N–H and O–H groups in total. The standard InChI is InChI=1S/C18H21N3O2/c1-23-16-4-2-13(3-5-16)14-7-9-21(11-14)18(22)19-17-12-20-8-6-15(17)10-20/h2-5,7,9,11,15,17H,6,8,10,12H2,1H3,(H,19,22)/t15-,17?/m0/s1. The van der Waals surface area contributed by atoms with Gasteiger partial charge in [0, 0.05) is 31.5 Å². The van der Waals surface area contributed by atoms with Crippen LogP contribution in [0.15, 0.2) is 42.7 Å². The molecule has 2 bridgehead atoms. The van der Waals surface area contributed by atoms with Gasteiger partial charge in [-0.1, -0.05) is 12.1 Å². The summed E-state index contributed by atoms with van der Waals surface area (Å²) in [6.07, 6.45) is 4.90. The van der Waals surface area contributed by atoms with Crippen LogP contribution >= 0.6 is 0 Å². The zero-order chi connectivity index (χ0) is 15.8. The number of fused-ring (bicyclic) bond motifs is 2. The number of hydrogen-bond acceptors (Lipinski definition) is 3. The van der Waals surface area contributed by atoms with E-state index in [-0.39, 0.29) is 6.03 Å². The highest BCUT2D eigenvalue weighted by atomic mass is 16.5. The molecule has 1 aromatic heterocycles. The Morgan fingerprint density at radius 2 is 2.00 bits per heavy atom. The first-order chi connectivity index (χ1) is 11.2. The summed E-state index contributed by atoms with van der Waals surface area (Å²) in [5, 5.41) is 3.17. The van der Waals surface area contributed by atoms with E-state index in [2.05, 4.69) is 10.2 Å². The van der Waals surface area contributed by atoms with Gasteiger partial charge in [0.05, 0.1) is 7.11 Å². The molecule has 2 saturated heterocycles. The molecule has 0 aliphatic carbocycles. The van der Waals surface area contributed by atoms with Gasteiger partial charge in [-0.15, -0.1) is 0 Å². The van der Waals surface area contributed by atoms with E-state index in [4.69, 9.17) is 4.74 Å². The van der Waals surface area contributed by atoms with Crippen LogP contribution in [0.1, 0.15) is 6.42 Å². The van der Waals surface area contributed by atoms with Crippen molar-refractivity contribution >= 4 is 6.03 Å². The Morgan fingerprint density at radius 3 is 2.65 bits per heavy atom. The topological polar surface area (TPSA) is 46.5 Å². The van der Waals surface area contributed by atoms with Crippen LogP contribution in [0.3, 0.4) is 0 Å². The van der Waals surface area contributed by atoms with Crippen molar-refractivity contribution in [1.82, 2.24) is 14.8 Å². The Morgan fingerprint density at radius 1 is 1.17 bits per heavy atom. The van der Waals surface area contributed by atoms with Crippen LogP contribution in [0.4, 0.5) is 4.79 Å². The normalized spacial score (nSPS) is 25.5. The van der Waals surface area contributed by atoms with E-state index in [1.165, 1.54) is 13.0 Å². The predicted octanol–water partition coefficient (Wildman–Crippen LogP) is 2.43. The fraction of sp³-hybridized carbons (Fsp3) is 0.389. The highest BCUT2D eigenvalue weighted by molar-refractivity contribution is 5.79. The number of rotatable bonds is 3. The van der Waals surface area contributed by atoms with Crippen LogP contribution in [0.2, 0.25) is 0 Å². The summed E-state index contributed by atoms with van der Waals surface area (Å²) >= 11 is 0. The first-order valence-electron chi connectivity index (χ1n) is 8.08. The van der Waals surface area contributed by atoms with Crippen molar-refractivity contribution in [3.63, 3.8) is 0 Å². The number of aromatic nitrogens is 1. The maximum atomic E-state index is 12.4. The minimum atomic E-state index is -0.0384. The number of methoxy groups -OCH3 is 1. The largest absolute Gasteiger partial charge is 0.497 e. The summed E-state index contributed by atoms with van der Waals surface area (Å²) in [5.74, 6) is 1.45. The second kappa shape index (κ2) is 5.74. The Balaban J connectivity index is 1.45. The summed E-state index contributed by atoms with van der Waals surface area (Å²) in [4.78, 5) is 14.9. The summed E-state index contributed by atoms with van der Waals surface area (Å²) in [7, 11) is 1.65. The quantitative estimate of drug-likeness (QED) is 0.947. The third-order valence-electron chi connectivity index (χ3n) is 4.99. The minimum Gasteiger partial charge on any atom is -0.497 e. The summed E-state index contributed by atoms with van der Waals surface area (Å²) in [6, 6.07) is 10.1. The number of hydrogen-bond donors (Lipinski definition) is 1. The molecule has 23 heavy (non-hydrogen) atoms. The lowest BCUT2D eigenvalue weighted by molar-refractivity contribution is 0.231. The molecule has 0 radical (unpaired) electrons. The number of carbonyl (C=O) groups is 1. The van der Waals surface area contributed by atoms with E-state index in [9.17, 15) is 4.79 Å². The van der Waals surface area contributed by atoms with Gasteiger partial charge >= 0.3 is 6.03 Å². The summed E-state index contributed by atoms with van der Waals surface area (Å²) < 4.78 is 6.81. The molecule has 5 heteroatoms. The third kappa shape index (κ3) is 2.72. The van der Waals surface area contributed by atoms with Crippen molar-refractivity contribution in [3.8, 4) is 16.9 Å². The van der Waals surface area contributed by atoms with Crippen LogP contribution in [-0.4, -0.2) is 48.3 Å². The van der Waals surface area contributed by atoms with Crippen molar-refractivity contribution in [3.05, 3.63) is 42.7 Å². The maximum absolute atomic E-state index is 12.4. The summed E-state index contributed by atoms with van der Waals surface area (Å²) in [6.45, 7) is 3.30. The van der Waals surface area contributed by atoms with E-state index in [1.54, 1.807) is 11.7 Å². The van der Waals surface area contributed by atoms with Crippen molar-refractivity contribution in [1.29, 1.82) is 0 Å². The smallest absolute Gasteiger partial charge is 0.325 e. The number of nitrogens with one attached hydrogen (secondary N) is 1. The molecule has 4 rings (SSSR count). The van der Waals surface area contributed by atoms with Crippen molar-refractivity contribution < 1.29 is 9.53 Å². The lowest BCUT2D eigenvalue weighted by atomic mass is 10.0. The number of benzene rings is 1. The average Bonchev–Trinajstić information content (AvgIpc) is 3.31. The first kappa shape index (κ1) is 14.3. The molecule has 1 aromatic carbocycles. The van der Waals surface area contributed by atoms with E-state index < -0.39 is 0 Å². The SMILES string of the molecule is COc1ccc(-c2ccn(C(=O)NC3CN4CC[C@H]3C4)c2)cc1. The molecule has 120 valence electrons. The van der Waals surface area contributed by atoms with Gasteiger partial charge in [-0.2, -0.15) is 0 Å². The molecular formula is C18H21N3O2. The van der Waals surface area contributed by atoms with Crippen LogP contribution in [-0.2, 0) is 0 Å². The van der Waals surface area contributed by atoms with Gasteiger partial charge in [-0.25, -0.2) is 4.79 Å². The van der Waals surface area contributed by atoms with Crippen molar-refractivity contribution in [2.45, 2.75) is 12.5 Å². The van der Waals surface area contributed by atoms with Crippen LogP contribution in [0.5, 0.6) is 5.75 Å². The molecule has 3 heterocycles. The number of ether oxygens (including phenoxy) is 1. The Labute approximate surface area is 135 Å². The number of carbonyl (C=O) groups excluding carboxylic acids is 1. The summed E-state index contributed by atoms with van der Waals surface area (Å²) in [5.41, 5.74) is 2.10. The molecule has 2 aromatic rings. The zero-order valence-corrected chi connectivity index (χ0v) is 13.2. The van der Waals surface area contributed by atoms with Gasteiger partial charge in [-0.3, -0.25) is 4.57 Å². The number of piperidine rings is 1. The molecule has 5 nitrogen and oxygen atoms in total. The van der Waals surface area contributed by atoms with E-state index in [0.717, 1.165) is 30.0 Å². The van der Waals surface area contributed by atoms with Gasteiger partial charge in [0.2, 0.25) is 0 Å². The highest BCUT2D eigenvalue weighted by Crippen LogP contribution is 2.28. The lowest BCUT2D eigenvalue weighted by Crippen LogP contribution is -2.44. The molecule has 2 aliphatic rings. The van der Waals surface area contributed by atoms with Gasteiger partial charge in [0.15, 0.2) is 0 Å². The average molecular weight is 311 g/mol. The first-order valence-corrected chi connectivity index (χ1v) is 8.08. The van der Waals surface area contributed by atoms with E-state index in [1.807, 2.05) is 42.7 Å². The Hall–Kier alpha value is -2.27. The molecule has 2 aliphatic heterocycles. The van der Waals surface area contributed by atoms with Crippen LogP contribution < -0.4 is 10.1 Å². The van der Waals surface area contributed by atoms with Crippen LogP contribution in [0.25, 0.3) is 11.1 Å². The zero-order valence-electron chi connectivity index (χ0n) is 13.2. The van der Waals surface area contributed by atoms with E-state index >= 15 is 0 Å². The third-order valence-corrected chi connectivity index (χ3v) is 4.99. The molecule has 1 amide bonds. The number of nitrogens with zero attached hydrogens (tertiary/aromatic N) is 2. The molecule has 0 spiro atoms. The monoisotopic (exact) mass is 311 g/mol. The molecule has 2 fully saturated rings. The maximum Gasteiger partial charge on any atom is 0.325 e.